The van der Waals surface area contributed by atoms with Crippen LogP contribution in [-0.4, -0.2) is 11.0 Å². The van der Waals surface area contributed by atoms with Crippen molar-refractivity contribution in [1.82, 2.24) is 4.98 Å². The standard InChI is InChI=1S/C16H18N4/c1-12(2)20(11-13-3-5-15(18)6-4-13)16-10-19-8-7-14(16)9-17/h3-8,10,12H,11,18H2,1-2H3. The second-order valence-corrected chi connectivity index (χ2v) is 4.97. The Morgan fingerprint density at radius 3 is 2.55 bits per heavy atom. The molecule has 102 valence electrons. The van der Waals surface area contributed by atoms with Crippen molar-refractivity contribution < 1.29 is 0 Å². The quantitative estimate of drug-likeness (QED) is 0.864. The smallest absolute Gasteiger partial charge is 0.101 e. The molecule has 0 radical (unpaired) electrons. The van der Waals surface area contributed by atoms with E-state index in [0.717, 1.165) is 23.5 Å². The Kier molecular flexibility index (Phi) is 4.21. The average Bonchev–Trinajstić information content (AvgIpc) is 2.46. The van der Waals surface area contributed by atoms with Crippen molar-refractivity contribution in [3.05, 3.63) is 53.9 Å². The van der Waals surface area contributed by atoms with Crippen molar-refractivity contribution in [2.45, 2.75) is 26.4 Å². The SMILES string of the molecule is CC(C)N(Cc1ccc(N)cc1)c1cnccc1C#N. The van der Waals surface area contributed by atoms with Crippen molar-refractivity contribution in [2.75, 3.05) is 10.6 Å². The van der Waals surface area contributed by atoms with E-state index < -0.39 is 0 Å². The molecular formula is C16H18N4. The third kappa shape index (κ3) is 3.07. The molecule has 0 spiro atoms. The minimum atomic E-state index is 0.267. The molecule has 4 heteroatoms. The number of nitrogens with zero attached hydrogens (tertiary/aromatic N) is 3. The summed E-state index contributed by atoms with van der Waals surface area (Å²) in [6, 6.07) is 12.0. The number of hydrogen-bond acceptors (Lipinski definition) is 4. The second kappa shape index (κ2) is 6.07. The van der Waals surface area contributed by atoms with Gasteiger partial charge in [0.25, 0.3) is 0 Å². The highest BCUT2D eigenvalue weighted by Gasteiger charge is 2.15. The average molecular weight is 266 g/mol. The Labute approximate surface area is 119 Å². The molecule has 4 nitrogen and oxygen atoms in total. The third-order valence-electron chi connectivity index (χ3n) is 3.19. The van der Waals surface area contributed by atoms with Crippen LogP contribution in [0.1, 0.15) is 25.0 Å². The summed E-state index contributed by atoms with van der Waals surface area (Å²) >= 11 is 0. The predicted molar refractivity (Wildman–Crippen MR) is 81.1 cm³/mol. The lowest BCUT2D eigenvalue weighted by molar-refractivity contribution is 0.680. The van der Waals surface area contributed by atoms with Gasteiger partial charge in [-0.1, -0.05) is 12.1 Å². The maximum absolute atomic E-state index is 9.23. The van der Waals surface area contributed by atoms with E-state index >= 15 is 0 Å². The van der Waals surface area contributed by atoms with Crippen LogP contribution in [0.2, 0.25) is 0 Å². The van der Waals surface area contributed by atoms with Crippen LogP contribution in [0.25, 0.3) is 0 Å². The molecule has 20 heavy (non-hydrogen) atoms. The molecule has 0 fully saturated rings. The molecule has 0 saturated carbocycles. The summed E-state index contributed by atoms with van der Waals surface area (Å²) in [5.41, 5.74) is 9.12. The summed E-state index contributed by atoms with van der Waals surface area (Å²) in [4.78, 5) is 6.30. The fourth-order valence-corrected chi connectivity index (χ4v) is 2.08. The van der Waals surface area contributed by atoms with E-state index in [4.69, 9.17) is 5.73 Å². The maximum Gasteiger partial charge on any atom is 0.101 e. The monoisotopic (exact) mass is 266 g/mol. The Hall–Kier alpha value is -2.54. The lowest BCUT2D eigenvalue weighted by Gasteiger charge is -2.29. The fourth-order valence-electron chi connectivity index (χ4n) is 2.08. The van der Waals surface area contributed by atoms with Crippen molar-refractivity contribution in [2.24, 2.45) is 0 Å². The van der Waals surface area contributed by atoms with Crippen molar-refractivity contribution in [3.63, 3.8) is 0 Å². The third-order valence-corrected chi connectivity index (χ3v) is 3.19. The summed E-state index contributed by atoms with van der Waals surface area (Å²) in [6.45, 7) is 4.93. The number of pyridine rings is 1. The zero-order valence-corrected chi connectivity index (χ0v) is 11.7. The minimum Gasteiger partial charge on any atom is -0.399 e. The van der Waals surface area contributed by atoms with Crippen LogP contribution in [0.3, 0.4) is 0 Å². The molecule has 2 rings (SSSR count). The summed E-state index contributed by atoms with van der Waals surface area (Å²) < 4.78 is 0. The predicted octanol–water partition coefficient (Wildman–Crippen LogP) is 2.95. The van der Waals surface area contributed by atoms with Crippen LogP contribution in [0, 0.1) is 11.3 Å². The van der Waals surface area contributed by atoms with Gasteiger partial charge in [-0.15, -0.1) is 0 Å². The second-order valence-electron chi connectivity index (χ2n) is 4.97. The van der Waals surface area contributed by atoms with Gasteiger partial charge in [0.1, 0.15) is 6.07 Å². The van der Waals surface area contributed by atoms with Gasteiger partial charge in [0, 0.05) is 24.5 Å². The van der Waals surface area contributed by atoms with Gasteiger partial charge in [-0.3, -0.25) is 4.98 Å². The molecule has 0 unspecified atom stereocenters. The maximum atomic E-state index is 9.23. The summed E-state index contributed by atoms with van der Waals surface area (Å²) in [6.07, 6.45) is 3.39. The van der Waals surface area contributed by atoms with Gasteiger partial charge in [0.2, 0.25) is 0 Å². The molecule has 1 aromatic heterocycles. The van der Waals surface area contributed by atoms with E-state index in [1.54, 1.807) is 18.5 Å². The molecule has 0 aliphatic carbocycles. The fraction of sp³-hybridized carbons (Fsp3) is 0.250. The van der Waals surface area contributed by atoms with Gasteiger partial charge in [-0.2, -0.15) is 5.26 Å². The number of nitriles is 1. The Morgan fingerprint density at radius 1 is 1.25 bits per heavy atom. The van der Waals surface area contributed by atoms with Crippen molar-refractivity contribution >= 4 is 11.4 Å². The molecule has 0 bridgehead atoms. The number of nitrogen functional groups attached to an aromatic ring is 1. The first kappa shape index (κ1) is 13.9. The van der Waals surface area contributed by atoms with Gasteiger partial charge in [-0.25, -0.2) is 0 Å². The summed E-state index contributed by atoms with van der Waals surface area (Å²) in [7, 11) is 0. The van der Waals surface area contributed by atoms with Gasteiger partial charge >= 0.3 is 0 Å². The zero-order chi connectivity index (χ0) is 14.5. The van der Waals surface area contributed by atoms with E-state index in [1.807, 2.05) is 24.3 Å². The van der Waals surface area contributed by atoms with E-state index in [0.29, 0.717) is 5.56 Å². The molecule has 0 atom stereocenters. The molecular weight excluding hydrogens is 248 g/mol. The van der Waals surface area contributed by atoms with E-state index in [9.17, 15) is 5.26 Å². The highest BCUT2D eigenvalue weighted by atomic mass is 15.2. The van der Waals surface area contributed by atoms with Gasteiger partial charge in [0.15, 0.2) is 0 Å². The van der Waals surface area contributed by atoms with E-state index in [1.165, 1.54) is 0 Å². The van der Waals surface area contributed by atoms with E-state index in [2.05, 4.69) is 29.8 Å². The summed E-state index contributed by atoms with van der Waals surface area (Å²) in [5, 5.41) is 9.23. The molecule has 1 aromatic carbocycles. The van der Waals surface area contributed by atoms with E-state index in [-0.39, 0.29) is 6.04 Å². The highest BCUT2D eigenvalue weighted by Crippen LogP contribution is 2.23. The van der Waals surface area contributed by atoms with Gasteiger partial charge < -0.3 is 10.6 Å². The largest absolute Gasteiger partial charge is 0.399 e. The number of rotatable bonds is 4. The van der Waals surface area contributed by atoms with Crippen molar-refractivity contribution in [1.29, 1.82) is 5.26 Å². The Bertz CT molecular complexity index is 611. The Balaban J connectivity index is 2.32. The number of hydrogen-bond donors (Lipinski definition) is 1. The first-order valence-corrected chi connectivity index (χ1v) is 6.57. The van der Waals surface area contributed by atoms with Gasteiger partial charge in [0.05, 0.1) is 17.4 Å². The van der Waals surface area contributed by atoms with Crippen molar-refractivity contribution in [3.8, 4) is 6.07 Å². The molecule has 0 aliphatic heterocycles. The van der Waals surface area contributed by atoms with Crippen LogP contribution in [0.15, 0.2) is 42.7 Å². The van der Waals surface area contributed by atoms with Crippen LogP contribution in [-0.2, 0) is 6.54 Å². The molecule has 2 N–H and O–H groups in total. The van der Waals surface area contributed by atoms with Crippen LogP contribution >= 0.6 is 0 Å². The summed E-state index contributed by atoms with van der Waals surface area (Å²) in [5.74, 6) is 0. The van der Waals surface area contributed by atoms with Crippen LogP contribution in [0.5, 0.6) is 0 Å². The molecule has 0 saturated heterocycles. The minimum absolute atomic E-state index is 0.267. The molecule has 1 heterocycles. The normalized spacial score (nSPS) is 10.3. The molecule has 0 aliphatic rings. The number of anilines is 2. The number of nitrogens with two attached hydrogens (primary N) is 1. The molecule has 0 amide bonds. The van der Waals surface area contributed by atoms with Crippen LogP contribution < -0.4 is 10.6 Å². The number of aromatic nitrogens is 1. The first-order chi connectivity index (χ1) is 9.61. The topological polar surface area (TPSA) is 65.9 Å². The number of benzene rings is 1. The lowest BCUT2D eigenvalue weighted by Crippen LogP contribution is -2.30. The zero-order valence-electron chi connectivity index (χ0n) is 11.7. The van der Waals surface area contributed by atoms with Gasteiger partial charge in [-0.05, 0) is 37.6 Å². The Morgan fingerprint density at radius 2 is 1.95 bits per heavy atom. The lowest BCUT2D eigenvalue weighted by atomic mass is 10.1. The molecule has 2 aromatic rings. The van der Waals surface area contributed by atoms with Crippen LogP contribution in [0.4, 0.5) is 11.4 Å². The highest BCUT2D eigenvalue weighted by molar-refractivity contribution is 5.58. The first-order valence-electron chi connectivity index (χ1n) is 6.57.